The molecule has 0 bridgehead atoms. The molecule has 4 rings (SSSR count). The van der Waals surface area contributed by atoms with Gasteiger partial charge in [-0.2, -0.15) is 5.10 Å². The first-order valence-corrected chi connectivity index (χ1v) is 10.4. The fourth-order valence-electron chi connectivity index (χ4n) is 3.55. The molecule has 1 amide bonds. The topological polar surface area (TPSA) is 59.4 Å². The van der Waals surface area contributed by atoms with Gasteiger partial charge in [0, 0.05) is 24.5 Å². The Morgan fingerprint density at radius 2 is 1.73 bits per heavy atom. The Morgan fingerprint density at radius 1 is 1.07 bits per heavy atom. The van der Waals surface area contributed by atoms with Crippen LogP contribution in [0.2, 0.25) is 5.15 Å². The molecule has 0 radical (unpaired) electrons. The van der Waals surface area contributed by atoms with Gasteiger partial charge in [-0.25, -0.2) is 4.68 Å². The highest BCUT2D eigenvalue weighted by molar-refractivity contribution is 6.33. The summed E-state index contributed by atoms with van der Waals surface area (Å²) in [6.07, 6.45) is 0. The third kappa shape index (κ3) is 4.50. The quantitative estimate of drug-likeness (QED) is 0.663. The second-order valence-electron chi connectivity index (χ2n) is 7.49. The number of nitrogens with one attached hydrogen (secondary N) is 1. The van der Waals surface area contributed by atoms with Gasteiger partial charge in [0.1, 0.15) is 5.15 Å². The number of carbonyl (C=O) groups excluding carboxylic acids is 1. The van der Waals surface area contributed by atoms with E-state index >= 15 is 0 Å². The highest BCUT2D eigenvalue weighted by atomic mass is 35.5. The number of ether oxygens (including phenoxy) is 1. The van der Waals surface area contributed by atoms with Gasteiger partial charge in [0.2, 0.25) is 0 Å². The highest BCUT2D eigenvalue weighted by Crippen LogP contribution is 2.24. The molecule has 1 aliphatic rings. The van der Waals surface area contributed by atoms with E-state index in [-0.39, 0.29) is 5.91 Å². The van der Waals surface area contributed by atoms with E-state index in [1.165, 1.54) is 5.56 Å². The van der Waals surface area contributed by atoms with E-state index in [1.54, 1.807) is 11.6 Å². The molecule has 0 atom stereocenters. The van der Waals surface area contributed by atoms with Gasteiger partial charge in [-0.05, 0) is 43.7 Å². The van der Waals surface area contributed by atoms with Crippen LogP contribution >= 0.6 is 11.6 Å². The molecular formula is C23H25ClN4O2. The zero-order chi connectivity index (χ0) is 21.1. The number of aromatic nitrogens is 2. The van der Waals surface area contributed by atoms with Crippen molar-refractivity contribution in [2.45, 2.75) is 20.4 Å². The Kier molecular flexibility index (Phi) is 6.06. The van der Waals surface area contributed by atoms with Crippen LogP contribution < -0.4 is 10.2 Å². The smallest absolute Gasteiger partial charge is 0.260 e. The molecular weight excluding hydrogens is 400 g/mol. The van der Waals surface area contributed by atoms with Gasteiger partial charge < -0.3 is 15.0 Å². The van der Waals surface area contributed by atoms with Crippen LogP contribution in [0.3, 0.4) is 0 Å². The first-order valence-electron chi connectivity index (χ1n) is 10.0. The summed E-state index contributed by atoms with van der Waals surface area (Å²) in [5.74, 6) is -0.258. The summed E-state index contributed by atoms with van der Waals surface area (Å²) in [5.41, 5.74) is 5.13. The fourth-order valence-corrected chi connectivity index (χ4v) is 3.87. The molecule has 0 saturated carbocycles. The van der Waals surface area contributed by atoms with Crippen LogP contribution in [0.1, 0.15) is 27.2 Å². The average molecular weight is 425 g/mol. The number of halogens is 1. The van der Waals surface area contributed by atoms with Crippen molar-refractivity contribution in [2.24, 2.45) is 0 Å². The van der Waals surface area contributed by atoms with E-state index < -0.39 is 0 Å². The monoisotopic (exact) mass is 424 g/mol. The first-order chi connectivity index (χ1) is 14.5. The van der Waals surface area contributed by atoms with E-state index in [0.717, 1.165) is 43.2 Å². The van der Waals surface area contributed by atoms with Crippen molar-refractivity contribution in [3.8, 4) is 0 Å². The standard InChI is InChI=1S/C23H25ClN4O2/c1-16-3-5-18(6-4-16)15-28-22(24)21(17(2)26-28)23(29)25-19-7-9-20(10-8-19)27-11-13-30-14-12-27/h3-10H,11-15H2,1-2H3,(H,25,29). The van der Waals surface area contributed by atoms with Gasteiger partial charge in [-0.1, -0.05) is 41.4 Å². The molecule has 1 saturated heterocycles. The lowest BCUT2D eigenvalue weighted by atomic mass is 10.1. The van der Waals surface area contributed by atoms with Crippen molar-refractivity contribution in [1.82, 2.24) is 9.78 Å². The number of carbonyl (C=O) groups is 1. The number of benzene rings is 2. The Labute approximate surface area is 181 Å². The highest BCUT2D eigenvalue weighted by Gasteiger charge is 2.21. The fraction of sp³-hybridized carbons (Fsp3) is 0.304. The van der Waals surface area contributed by atoms with Crippen LogP contribution in [0.5, 0.6) is 0 Å². The van der Waals surface area contributed by atoms with Crippen molar-refractivity contribution in [3.63, 3.8) is 0 Å². The van der Waals surface area contributed by atoms with E-state index in [4.69, 9.17) is 16.3 Å². The van der Waals surface area contributed by atoms with Crippen LogP contribution in [0.15, 0.2) is 48.5 Å². The maximum absolute atomic E-state index is 12.9. The number of morpholine rings is 1. The second kappa shape index (κ2) is 8.90. The molecule has 156 valence electrons. The van der Waals surface area contributed by atoms with Crippen LogP contribution in [0.4, 0.5) is 11.4 Å². The summed E-state index contributed by atoms with van der Waals surface area (Å²) in [6.45, 7) is 7.59. The zero-order valence-corrected chi connectivity index (χ0v) is 17.9. The first kappa shape index (κ1) is 20.4. The van der Waals surface area contributed by atoms with E-state index in [2.05, 4.69) is 15.3 Å². The molecule has 0 spiro atoms. The summed E-state index contributed by atoms with van der Waals surface area (Å²) >= 11 is 6.52. The molecule has 6 nitrogen and oxygen atoms in total. The molecule has 2 aromatic carbocycles. The van der Waals surface area contributed by atoms with Gasteiger partial charge in [-0.3, -0.25) is 4.79 Å². The Balaban J connectivity index is 1.46. The lowest BCUT2D eigenvalue weighted by Gasteiger charge is -2.28. The maximum atomic E-state index is 12.9. The number of hydrogen-bond donors (Lipinski definition) is 1. The molecule has 3 aromatic rings. The third-order valence-electron chi connectivity index (χ3n) is 5.25. The predicted molar refractivity (Wildman–Crippen MR) is 120 cm³/mol. The van der Waals surface area contributed by atoms with Gasteiger partial charge in [0.25, 0.3) is 5.91 Å². The summed E-state index contributed by atoms with van der Waals surface area (Å²) in [7, 11) is 0. The second-order valence-corrected chi connectivity index (χ2v) is 7.85. The summed E-state index contributed by atoms with van der Waals surface area (Å²) in [4.78, 5) is 15.1. The minimum atomic E-state index is -0.258. The van der Waals surface area contributed by atoms with E-state index in [0.29, 0.717) is 23.0 Å². The number of aryl methyl sites for hydroxylation is 2. The van der Waals surface area contributed by atoms with Crippen LogP contribution in [-0.4, -0.2) is 42.0 Å². The molecule has 0 unspecified atom stereocenters. The third-order valence-corrected chi connectivity index (χ3v) is 5.63. The van der Waals surface area contributed by atoms with E-state index in [9.17, 15) is 4.79 Å². The summed E-state index contributed by atoms with van der Waals surface area (Å²) in [5, 5.41) is 7.75. The van der Waals surface area contributed by atoms with Crippen LogP contribution in [0, 0.1) is 13.8 Å². The molecule has 7 heteroatoms. The number of rotatable bonds is 5. The SMILES string of the molecule is Cc1ccc(Cn2nc(C)c(C(=O)Nc3ccc(N4CCOCC4)cc3)c2Cl)cc1. The van der Waals surface area contributed by atoms with Gasteiger partial charge >= 0.3 is 0 Å². The number of anilines is 2. The van der Waals surface area contributed by atoms with Crippen molar-refractivity contribution < 1.29 is 9.53 Å². The molecule has 1 aliphatic heterocycles. The Morgan fingerprint density at radius 3 is 2.40 bits per heavy atom. The molecule has 2 heterocycles. The number of amides is 1. The van der Waals surface area contributed by atoms with Crippen molar-refractivity contribution in [1.29, 1.82) is 0 Å². The van der Waals surface area contributed by atoms with E-state index in [1.807, 2.05) is 55.5 Å². The van der Waals surface area contributed by atoms with Gasteiger partial charge in [-0.15, -0.1) is 0 Å². The minimum Gasteiger partial charge on any atom is -0.378 e. The molecule has 30 heavy (non-hydrogen) atoms. The Hall–Kier alpha value is -2.83. The molecule has 1 N–H and O–H groups in total. The maximum Gasteiger partial charge on any atom is 0.260 e. The average Bonchev–Trinajstić information content (AvgIpc) is 3.04. The van der Waals surface area contributed by atoms with Crippen LogP contribution in [-0.2, 0) is 11.3 Å². The normalized spacial score (nSPS) is 14.0. The largest absolute Gasteiger partial charge is 0.378 e. The van der Waals surface area contributed by atoms with Gasteiger partial charge in [0.15, 0.2) is 0 Å². The van der Waals surface area contributed by atoms with Crippen molar-refractivity contribution >= 4 is 28.9 Å². The Bertz CT molecular complexity index is 1020. The zero-order valence-electron chi connectivity index (χ0n) is 17.2. The lowest BCUT2D eigenvalue weighted by Crippen LogP contribution is -2.36. The molecule has 1 fully saturated rings. The predicted octanol–water partition coefficient (Wildman–Crippen LogP) is 4.29. The minimum absolute atomic E-state index is 0.258. The van der Waals surface area contributed by atoms with Gasteiger partial charge in [0.05, 0.1) is 31.0 Å². The summed E-state index contributed by atoms with van der Waals surface area (Å²) < 4.78 is 7.06. The van der Waals surface area contributed by atoms with Crippen molar-refractivity contribution in [2.75, 3.05) is 36.5 Å². The summed E-state index contributed by atoms with van der Waals surface area (Å²) in [6, 6.07) is 16.0. The molecule has 1 aromatic heterocycles. The molecule has 0 aliphatic carbocycles. The number of hydrogen-bond acceptors (Lipinski definition) is 4. The number of nitrogens with zero attached hydrogens (tertiary/aromatic N) is 3. The van der Waals surface area contributed by atoms with Crippen LogP contribution in [0.25, 0.3) is 0 Å². The van der Waals surface area contributed by atoms with Crippen molar-refractivity contribution in [3.05, 3.63) is 76.1 Å². The lowest BCUT2D eigenvalue weighted by molar-refractivity contribution is 0.102.